The number of hydrogen-bond donors (Lipinski definition) is 1. The molecule has 9 heteroatoms. The molecule has 3 rings (SSSR count). The topological polar surface area (TPSA) is 56.1 Å². The largest absolute Gasteiger partial charge is 0.467 e. The third-order valence-electron chi connectivity index (χ3n) is 4.21. The summed E-state index contributed by atoms with van der Waals surface area (Å²) in [6.45, 7) is 1.53. The molecule has 0 saturated carbocycles. The van der Waals surface area contributed by atoms with Crippen LogP contribution in [-0.4, -0.2) is 22.3 Å². The summed E-state index contributed by atoms with van der Waals surface area (Å²) < 4.78 is 45.8. The minimum atomic E-state index is -4.67. The maximum absolute atomic E-state index is 13.2. The molecule has 30 heavy (non-hydrogen) atoms. The number of hydrogen-bond acceptors (Lipinski definition) is 3. The summed E-state index contributed by atoms with van der Waals surface area (Å²) in [5.74, 6) is -0.744. The monoisotopic (exact) mass is 437 g/mol. The van der Waals surface area contributed by atoms with Crippen LogP contribution in [0.2, 0.25) is 5.02 Å². The van der Waals surface area contributed by atoms with E-state index < -0.39 is 24.4 Å². The van der Waals surface area contributed by atoms with E-state index >= 15 is 0 Å². The molecule has 0 saturated heterocycles. The first kappa shape index (κ1) is 21.7. The van der Waals surface area contributed by atoms with Gasteiger partial charge >= 0.3 is 6.18 Å². The Kier molecular flexibility index (Phi) is 6.66. The zero-order chi connectivity index (χ0) is 21.7. The average molecular weight is 438 g/mol. The lowest BCUT2D eigenvalue weighted by Gasteiger charge is -2.12. The molecule has 0 aliphatic heterocycles. The van der Waals surface area contributed by atoms with Crippen LogP contribution in [0.25, 0.3) is 5.69 Å². The van der Waals surface area contributed by atoms with E-state index in [1.807, 2.05) is 19.1 Å². The number of para-hydroxylation sites is 2. The van der Waals surface area contributed by atoms with Gasteiger partial charge in [-0.15, -0.1) is 0 Å². The number of carbonyl (C=O) groups excluding carboxylic acids is 1. The van der Waals surface area contributed by atoms with Crippen LogP contribution in [-0.2, 0) is 17.4 Å². The van der Waals surface area contributed by atoms with Gasteiger partial charge in [-0.25, -0.2) is 0 Å². The summed E-state index contributed by atoms with van der Waals surface area (Å²) in [5, 5.41) is 6.49. The number of aryl methyl sites for hydroxylation is 1. The number of nitrogens with zero attached hydrogens (tertiary/aromatic N) is 2. The molecule has 1 N–H and O–H groups in total. The van der Waals surface area contributed by atoms with Gasteiger partial charge in [-0.3, -0.25) is 4.79 Å². The maximum atomic E-state index is 13.2. The second kappa shape index (κ2) is 9.21. The van der Waals surface area contributed by atoms with Gasteiger partial charge < -0.3 is 10.1 Å². The highest BCUT2D eigenvalue weighted by Crippen LogP contribution is 2.33. The van der Waals surface area contributed by atoms with E-state index in [4.69, 9.17) is 16.3 Å². The van der Waals surface area contributed by atoms with Gasteiger partial charge in [0.15, 0.2) is 12.3 Å². The molecule has 0 fully saturated rings. The Hall–Kier alpha value is -3.00. The van der Waals surface area contributed by atoms with Crippen molar-refractivity contribution in [3.63, 3.8) is 0 Å². The highest BCUT2D eigenvalue weighted by molar-refractivity contribution is 6.32. The fourth-order valence-corrected chi connectivity index (χ4v) is 3.07. The van der Waals surface area contributed by atoms with Crippen LogP contribution in [0, 0.1) is 0 Å². The molecule has 0 spiro atoms. The molecule has 0 radical (unpaired) electrons. The van der Waals surface area contributed by atoms with Crippen LogP contribution in [0.3, 0.4) is 0 Å². The molecular formula is C21H19ClF3N3O2. The Morgan fingerprint density at radius 1 is 1.17 bits per heavy atom. The van der Waals surface area contributed by atoms with Gasteiger partial charge in [0.1, 0.15) is 0 Å². The van der Waals surface area contributed by atoms with Gasteiger partial charge in [-0.1, -0.05) is 55.3 Å². The Balaban J connectivity index is 1.80. The number of rotatable bonds is 7. The molecular weight excluding hydrogens is 419 g/mol. The van der Waals surface area contributed by atoms with E-state index in [0.29, 0.717) is 5.69 Å². The third-order valence-corrected chi connectivity index (χ3v) is 4.53. The Labute approximate surface area is 176 Å². The van der Waals surface area contributed by atoms with Crippen molar-refractivity contribution in [1.82, 2.24) is 9.78 Å². The van der Waals surface area contributed by atoms with E-state index in [0.717, 1.165) is 29.2 Å². The number of alkyl halides is 3. The first-order valence-corrected chi connectivity index (χ1v) is 9.60. The van der Waals surface area contributed by atoms with Crippen molar-refractivity contribution in [2.24, 2.45) is 0 Å². The number of halogens is 4. The van der Waals surface area contributed by atoms with E-state index in [2.05, 4.69) is 10.4 Å². The first-order chi connectivity index (χ1) is 14.3. The second-order valence-corrected chi connectivity index (χ2v) is 6.88. The van der Waals surface area contributed by atoms with Gasteiger partial charge in [-0.05, 0) is 30.2 Å². The molecule has 0 bridgehead atoms. The Morgan fingerprint density at radius 2 is 1.87 bits per heavy atom. The second-order valence-electron chi connectivity index (χ2n) is 6.47. The van der Waals surface area contributed by atoms with Crippen LogP contribution in [0.4, 0.5) is 18.9 Å². The fourth-order valence-electron chi connectivity index (χ4n) is 2.86. The Bertz CT molecular complexity index is 1030. The van der Waals surface area contributed by atoms with Crippen LogP contribution < -0.4 is 10.1 Å². The highest BCUT2D eigenvalue weighted by atomic mass is 35.5. The van der Waals surface area contributed by atoms with Gasteiger partial charge in [0, 0.05) is 11.8 Å². The predicted molar refractivity (Wildman–Crippen MR) is 108 cm³/mol. The van der Waals surface area contributed by atoms with Crippen LogP contribution in [0.15, 0.2) is 54.6 Å². The molecule has 0 aliphatic carbocycles. The van der Waals surface area contributed by atoms with E-state index in [-0.39, 0.29) is 16.6 Å². The molecule has 0 atom stereocenters. The van der Waals surface area contributed by atoms with E-state index in [9.17, 15) is 18.0 Å². The number of amides is 1. The summed E-state index contributed by atoms with van der Waals surface area (Å²) >= 11 is 6.09. The van der Waals surface area contributed by atoms with Crippen molar-refractivity contribution in [1.29, 1.82) is 0 Å². The predicted octanol–water partition coefficient (Wildman–Crippen LogP) is 5.51. The molecule has 1 amide bonds. The summed E-state index contributed by atoms with van der Waals surface area (Å²) in [4.78, 5) is 12.3. The number of carbonyl (C=O) groups is 1. The fraction of sp³-hybridized carbons (Fsp3) is 0.238. The summed E-state index contributed by atoms with van der Waals surface area (Å²) in [6.07, 6.45) is -2.99. The number of anilines is 1. The highest BCUT2D eigenvalue weighted by Gasteiger charge is 2.36. The van der Waals surface area contributed by atoms with Crippen LogP contribution >= 0.6 is 11.6 Å². The quantitative estimate of drug-likeness (QED) is 0.530. The van der Waals surface area contributed by atoms with Crippen molar-refractivity contribution in [2.45, 2.75) is 25.9 Å². The summed E-state index contributed by atoms with van der Waals surface area (Å²) in [7, 11) is 0. The number of aromatic nitrogens is 2. The molecule has 1 heterocycles. The zero-order valence-electron chi connectivity index (χ0n) is 16.0. The lowest BCUT2D eigenvalue weighted by molar-refractivity contribution is -0.141. The molecule has 1 aromatic heterocycles. The molecule has 3 aromatic rings. The SMILES string of the molecule is CCCc1ccccc1NC(=O)COc1cc(C(F)(F)F)nn1-c1ccccc1Cl. The Morgan fingerprint density at radius 3 is 2.57 bits per heavy atom. The van der Waals surface area contributed by atoms with Gasteiger partial charge in [0.2, 0.25) is 5.88 Å². The number of ether oxygens (including phenoxy) is 1. The van der Waals surface area contributed by atoms with Crippen LogP contribution in [0.5, 0.6) is 5.88 Å². The van der Waals surface area contributed by atoms with E-state index in [1.54, 1.807) is 24.3 Å². The van der Waals surface area contributed by atoms with Gasteiger partial charge in [-0.2, -0.15) is 23.0 Å². The first-order valence-electron chi connectivity index (χ1n) is 9.22. The van der Waals surface area contributed by atoms with Crippen molar-refractivity contribution in [3.05, 3.63) is 70.9 Å². The zero-order valence-corrected chi connectivity index (χ0v) is 16.8. The third kappa shape index (κ3) is 5.13. The van der Waals surface area contributed by atoms with Crippen LogP contribution in [0.1, 0.15) is 24.6 Å². The lowest BCUT2D eigenvalue weighted by Crippen LogP contribution is -2.21. The summed E-state index contributed by atoms with van der Waals surface area (Å²) in [6, 6.07) is 14.3. The summed E-state index contributed by atoms with van der Waals surface area (Å²) in [5.41, 5.74) is 0.668. The average Bonchev–Trinajstić information content (AvgIpc) is 3.13. The van der Waals surface area contributed by atoms with Crippen molar-refractivity contribution >= 4 is 23.2 Å². The van der Waals surface area contributed by atoms with Gasteiger partial charge in [0.25, 0.3) is 5.91 Å². The molecule has 5 nitrogen and oxygen atoms in total. The van der Waals surface area contributed by atoms with Crippen molar-refractivity contribution < 1.29 is 22.7 Å². The smallest absolute Gasteiger partial charge is 0.435 e. The number of benzene rings is 2. The van der Waals surface area contributed by atoms with Crippen molar-refractivity contribution in [2.75, 3.05) is 11.9 Å². The minimum absolute atomic E-state index is 0.192. The van der Waals surface area contributed by atoms with Gasteiger partial charge in [0.05, 0.1) is 10.7 Å². The molecule has 0 aliphatic rings. The molecule has 158 valence electrons. The molecule has 2 aromatic carbocycles. The minimum Gasteiger partial charge on any atom is -0.467 e. The maximum Gasteiger partial charge on any atom is 0.435 e. The number of nitrogens with one attached hydrogen (secondary N) is 1. The van der Waals surface area contributed by atoms with E-state index in [1.165, 1.54) is 12.1 Å². The van der Waals surface area contributed by atoms with Crippen molar-refractivity contribution in [3.8, 4) is 11.6 Å². The normalized spacial score (nSPS) is 11.4. The molecule has 0 unspecified atom stereocenters. The standard InChI is InChI=1S/C21H19ClF3N3O2/c1-2-7-14-8-3-5-10-16(14)26-19(29)13-30-20-12-18(21(23,24)25)27-28(20)17-11-6-4-9-15(17)22/h3-6,8-12H,2,7,13H2,1H3,(H,26,29). The lowest BCUT2D eigenvalue weighted by atomic mass is 10.1.